The Morgan fingerprint density at radius 3 is 1.84 bits per heavy atom. The van der Waals surface area contributed by atoms with Gasteiger partial charge in [0.25, 0.3) is 0 Å². The third-order valence-electron chi connectivity index (χ3n) is 4.84. The zero-order chi connectivity index (χ0) is 22.3. The van der Waals surface area contributed by atoms with Crippen molar-refractivity contribution < 1.29 is 21.6 Å². The van der Waals surface area contributed by atoms with Crippen LogP contribution >= 0.6 is 15.7 Å². The van der Waals surface area contributed by atoms with Crippen molar-refractivity contribution in [2.24, 2.45) is 0 Å². The molecule has 0 bridgehead atoms. The molecule has 0 saturated carbocycles. The predicted octanol–water partition coefficient (Wildman–Crippen LogP) is 6.25. The van der Waals surface area contributed by atoms with E-state index in [2.05, 4.69) is 97.9 Å². The molecule has 0 radical (unpaired) electrons. The average Bonchev–Trinajstić information content (AvgIpc) is 3.49. The van der Waals surface area contributed by atoms with Gasteiger partial charge in [-0.15, -0.1) is 5.30 Å². The van der Waals surface area contributed by atoms with E-state index in [0.29, 0.717) is 0 Å². The molecular weight excluding hydrogens is 470 g/mol. The molecule has 4 aromatic carbocycles. The largest absolute Gasteiger partial charge is 2.00 e. The van der Waals surface area contributed by atoms with Crippen LogP contribution in [0.25, 0.3) is 0 Å². The maximum absolute atomic E-state index is 13.1. The van der Waals surface area contributed by atoms with Crippen LogP contribution in [0.5, 0.6) is 0 Å². The minimum atomic E-state index is -1.47. The predicted molar refractivity (Wildman–Crippen MR) is 133 cm³/mol. The molecule has 0 aromatic heterocycles. The molecule has 1 nitrogen and oxygen atoms in total. The van der Waals surface area contributed by atoms with Crippen LogP contribution in [-0.4, -0.2) is 5.16 Å². The van der Waals surface area contributed by atoms with E-state index in [1.807, 2.05) is 32.9 Å². The molecule has 1 unspecified atom stereocenters. The summed E-state index contributed by atoms with van der Waals surface area (Å²) in [6.07, 6.45) is 0. The van der Waals surface area contributed by atoms with Crippen molar-refractivity contribution in [2.45, 2.75) is 38.5 Å². The van der Waals surface area contributed by atoms with Gasteiger partial charge in [0.2, 0.25) is 7.80 Å². The Kier molecular flexibility index (Phi) is 10.3. The maximum Gasteiger partial charge on any atom is 2.00 e. The van der Waals surface area contributed by atoms with E-state index in [0.717, 1.165) is 5.30 Å². The van der Waals surface area contributed by atoms with Crippen molar-refractivity contribution in [1.82, 2.24) is 0 Å². The van der Waals surface area contributed by atoms with Crippen LogP contribution in [0.4, 0.5) is 0 Å². The molecule has 0 aliphatic heterocycles. The van der Waals surface area contributed by atoms with Crippen molar-refractivity contribution >= 4 is 31.6 Å². The van der Waals surface area contributed by atoms with Crippen molar-refractivity contribution in [3.63, 3.8) is 0 Å². The molecule has 0 aliphatic rings. The summed E-state index contributed by atoms with van der Waals surface area (Å²) in [5.74, 6) is 0. The zero-order valence-corrected chi connectivity index (χ0v) is 21.6. The van der Waals surface area contributed by atoms with E-state index >= 15 is 0 Å². The first-order valence-corrected chi connectivity index (χ1v) is 12.9. The second kappa shape index (κ2) is 12.4. The fourth-order valence-electron chi connectivity index (χ4n) is 3.33. The standard InChI is InChI=1S/C23H25OP2.C5H.Fe/c1-18(21-16-11-17-22(21)26(24)23(2,3)4)25(19-12-7-5-8-13-19)20-14-9-6-10-15-20;1-2-4-5-3-1;/h5-10,12-18H,1-4H3;1H;/q-1;-5;+2/t18-;;/m1../s1. The molecule has 0 spiro atoms. The maximum atomic E-state index is 13.1. The molecule has 32 heavy (non-hydrogen) atoms. The van der Waals surface area contributed by atoms with Crippen LogP contribution in [0.15, 0.2) is 78.9 Å². The van der Waals surface area contributed by atoms with E-state index in [-0.39, 0.29) is 27.9 Å². The van der Waals surface area contributed by atoms with Gasteiger partial charge in [-0.3, -0.25) is 6.07 Å². The van der Waals surface area contributed by atoms with Crippen LogP contribution < -0.4 is 15.9 Å². The zero-order valence-electron chi connectivity index (χ0n) is 18.7. The van der Waals surface area contributed by atoms with Crippen LogP contribution in [-0.2, 0) is 21.6 Å². The summed E-state index contributed by atoms with van der Waals surface area (Å²) >= 11 is 0. The van der Waals surface area contributed by atoms with Gasteiger partial charge < -0.3 is 48.0 Å². The number of hydrogen-bond donors (Lipinski definition) is 0. The first-order valence-electron chi connectivity index (χ1n) is 10.3. The van der Waals surface area contributed by atoms with E-state index in [4.69, 9.17) is 0 Å². The number of hydrogen-bond acceptors (Lipinski definition) is 1. The quantitative estimate of drug-likeness (QED) is 0.181. The molecule has 4 heteroatoms. The Hall–Kier alpha value is -1.81. The van der Waals surface area contributed by atoms with Gasteiger partial charge in [-0.1, -0.05) is 85.7 Å². The molecule has 0 fully saturated rings. The normalized spacial score (nSPS) is 12.3. The molecule has 0 amide bonds. The van der Waals surface area contributed by atoms with Crippen molar-refractivity contribution in [1.29, 1.82) is 0 Å². The van der Waals surface area contributed by atoms with E-state index < -0.39 is 15.7 Å². The molecular formula is C28H26FeOP2-4. The minimum absolute atomic E-state index is 0. The summed E-state index contributed by atoms with van der Waals surface area (Å²) in [7, 11) is -2.05. The smallest absolute Gasteiger partial charge is 0.999 e. The van der Waals surface area contributed by atoms with Crippen molar-refractivity contribution in [3.8, 4) is 0 Å². The fourth-order valence-corrected chi connectivity index (χ4v) is 7.51. The molecule has 166 valence electrons. The van der Waals surface area contributed by atoms with Crippen molar-refractivity contribution in [2.75, 3.05) is 0 Å². The summed E-state index contributed by atoms with van der Waals surface area (Å²) in [4.78, 5) is 0. The molecule has 0 aliphatic carbocycles. The van der Waals surface area contributed by atoms with Gasteiger partial charge in [0, 0.05) is 0 Å². The Bertz CT molecular complexity index is 991. The monoisotopic (exact) mass is 496 g/mol. The van der Waals surface area contributed by atoms with E-state index in [1.54, 1.807) is 6.07 Å². The second-order valence-corrected chi connectivity index (χ2v) is 13.1. The molecule has 0 N–H and O–H groups in total. The van der Waals surface area contributed by atoms with Crippen LogP contribution in [0.3, 0.4) is 0 Å². The second-order valence-electron chi connectivity index (χ2n) is 8.16. The Labute approximate surface area is 206 Å². The van der Waals surface area contributed by atoms with Crippen molar-refractivity contribution in [3.05, 3.63) is 115 Å². The first kappa shape index (κ1) is 26.4. The summed E-state index contributed by atoms with van der Waals surface area (Å²) in [5.41, 5.74) is 1.46. The molecule has 0 heterocycles. The minimum Gasteiger partial charge on any atom is -0.999 e. The van der Waals surface area contributed by atoms with Gasteiger partial charge in [0.05, 0.1) is 0 Å². The molecule has 4 aromatic rings. The van der Waals surface area contributed by atoms with Gasteiger partial charge in [-0.2, -0.15) is 0 Å². The summed E-state index contributed by atoms with van der Waals surface area (Å²) in [6, 6.07) is 40.6. The fraction of sp³-hybridized carbons (Fsp3) is 0.214. The van der Waals surface area contributed by atoms with Gasteiger partial charge in [-0.05, 0) is 31.4 Å². The first-order chi connectivity index (χ1) is 14.9. The van der Waals surface area contributed by atoms with Crippen LogP contribution in [0.2, 0.25) is 0 Å². The van der Waals surface area contributed by atoms with E-state index in [9.17, 15) is 4.57 Å². The van der Waals surface area contributed by atoms with Gasteiger partial charge in [0.1, 0.15) is 5.16 Å². The SMILES string of the molecule is C[C@H](c1c[c-]c[c-]1[P+](=O)C(C)(C)C)P(c1ccccc1)c1ccccc1.[Fe+2].[c-]1[c-][c-][cH-][c-]1. The number of rotatable bonds is 5. The Morgan fingerprint density at radius 1 is 0.938 bits per heavy atom. The summed E-state index contributed by atoms with van der Waals surface area (Å²) in [5, 5.41) is 3.42. The third kappa shape index (κ3) is 6.84. The topological polar surface area (TPSA) is 17.1 Å². The molecule has 0 saturated heterocycles. The average molecular weight is 496 g/mol. The molecule has 2 atom stereocenters. The molecule has 4 rings (SSSR count). The summed E-state index contributed by atoms with van der Waals surface area (Å²) in [6.45, 7) is 8.41. The van der Waals surface area contributed by atoms with Crippen LogP contribution in [0.1, 0.15) is 38.9 Å². The van der Waals surface area contributed by atoms with E-state index in [1.165, 1.54) is 16.2 Å². The van der Waals surface area contributed by atoms with Crippen LogP contribution in [0, 0.1) is 30.3 Å². The number of benzene rings is 2. The Balaban J connectivity index is 0.000000534. The van der Waals surface area contributed by atoms with Gasteiger partial charge in [-0.25, -0.2) is 0 Å². The third-order valence-corrected chi connectivity index (χ3v) is 9.65. The van der Waals surface area contributed by atoms with Gasteiger partial charge in [0.15, 0.2) is 0 Å². The Morgan fingerprint density at radius 2 is 1.44 bits per heavy atom. The van der Waals surface area contributed by atoms with Gasteiger partial charge >= 0.3 is 17.1 Å². The summed E-state index contributed by atoms with van der Waals surface area (Å²) < 4.78 is 13.1.